The van der Waals surface area contributed by atoms with Crippen LogP contribution in [-0.4, -0.2) is 80.5 Å². The fraction of sp³-hybridized carbons (Fsp3) is 0.556. The summed E-state index contributed by atoms with van der Waals surface area (Å²) in [6, 6.07) is 4.52. The maximum Gasteiger partial charge on any atom is 0.229 e. The minimum absolute atomic E-state index is 0.0438. The Morgan fingerprint density at radius 3 is 2.55 bits per heavy atom. The molecule has 2 saturated carbocycles. The van der Waals surface area contributed by atoms with Crippen LogP contribution in [-0.2, 0) is 4.74 Å². The van der Waals surface area contributed by atoms with Gasteiger partial charge in [-0.1, -0.05) is 42.7 Å². The molecule has 7 rings (SSSR count). The van der Waals surface area contributed by atoms with E-state index in [0.29, 0.717) is 17.9 Å². The molecule has 0 bridgehead atoms. The van der Waals surface area contributed by atoms with Crippen molar-refractivity contribution in [3.8, 4) is 5.75 Å². The average molecular weight is 649 g/mol. The fourth-order valence-corrected chi connectivity index (χ4v) is 9.42. The van der Waals surface area contributed by atoms with Crippen LogP contribution in [0.4, 0.5) is 0 Å². The minimum atomic E-state index is -2.19. The van der Waals surface area contributed by atoms with Gasteiger partial charge in [-0.3, -0.25) is 9.59 Å². The molecule has 11 heteroatoms. The van der Waals surface area contributed by atoms with E-state index in [-0.39, 0.29) is 40.3 Å². The first kappa shape index (κ1) is 32.1. The number of allylic oxidation sites excluding steroid dienone is 6. The van der Waals surface area contributed by atoms with Crippen molar-refractivity contribution < 1.29 is 44.6 Å². The van der Waals surface area contributed by atoms with E-state index in [2.05, 4.69) is 5.32 Å². The van der Waals surface area contributed by atoms with E-state index in [0.717, 1.165) is 50.5 Å². The van der Waals surface area contributed by atoms with Gasteiger partial charge in [0.2, 0.25) is 6.29 Å². The second-order valence-corrected chi connectivity index (χ2v) is 14.6. The van der Waals surface area contributed by atoms with Gasteiger partial charge in [-0.15, -0.1) is 0 Å². The number of hydrogen-bond acceptors (Lipinski definition) is 11. The van der Waals surface area contributed by atoms with E-state index in [9.17, 15) is 35.1 Å². The summed E-state index contributed by atoms with van der Waals surface area (Å²) in [5.74, 6) is -2.64. The van der Waals surface area contributed by atoms with Crippen molar-refractivity contribution >= 4 is 11.6 Å². The van der Waals surface area contributed by atoms with Crippen LogP contribution in [0.1, 0.15) is 79.0 Å². The number of carbonyl (C=O) groups is 2. The molecule has 0 aromatic heterocycles. The Balaban J connectivity index is 1.24. The van der Waals surface area contributed by atoms with Gasteiger partial charge in [0, 0.05) is 12.1 Å². The topological polar surface area (TPSA) is 192 Å². The number of nitrogens with one attached hydrogen (secondary N) is 1. The summed E-state index contributed by atoms with van der Waals surface area (Å²) in [4.78, 5) is 27.4. The van der Waals surface area contributed by atoms with Gasteiger partial charge >= 0.3 is 0 Å². The van der Waals surface area contributed by atoms with Crippen LogP contribution in [0.2, 0.25) is 0 Å². The molecule has 0 radical (unpaired) electrons. The number of fused-ring (bicyclic) bond motifs is 2. The summed E-state index contributed by atoms with van der Waals surface area (Å²) in [5, 5.41) is 59.9. The molecule has 47 heavy (non-hydrogen) atoms. The van der Waals surface area contributed by atoms with E-state index in [1.54, 1.807) is 19.1 Å². The number of dihydropyridines is 1. The fourth-order valence-electron chi connectivity index (χ4n) is 9.42. The minimum Gasteiger partial charge on any atom is -0.511 e. The molecule has 2 heterocycles. The van der Waals surface area contributed by atoms with Gasteiger partial charge in [-0.05, 0) is 80.1 Å². The highest BCUT2D eigenvalue weighted by Crippen LogP contribution is 2.63. The Morgan fingerprint density at radius 1 is 1.06 bits per heavy atom. The predicted molar refractivity (Wildman–Crippen MR) is 170 cm³/mol. The number of ketones is 2. The summed E-state index contributed by atoms with van der Waals surface area (Å²) in [6.45, 7) is 1.58. The van der Waals surface area contributed by atoms with Crippen molar-refractivity contribution in [3.05, 3.63) is 76.4 Å². The third-order valence-corrected chi connectivity index (χ3v) is 11.7. The molecule has 252 valence electrons. The third kappa shape index (κ3) is 5.14. The van der Waals surface area contributed by atoms with Gasteiger partial charge in [0.25, 0.3) is 0 Å². The number of carbonyl (C=O) groups excluding carboxylic acids is 2. The average Bonchev–Trinajstić information content (AvgIpc) is 3.66. The molecule has 8 N–H and O–H groups in total. The quantitative estimate of drug-likeness (QED) is 0.240. The van der Waals surface area contributed by atoms with Crippen molar-refractivity contribution in [1.29, 1.82) is 0 Å². The van der Waals surface area contributed by atoms with Crippen LogP contribution in [0.15, 0.2) is 65.2 Å². The van der Waals surface area contributed by atoms with Crippen molar-refractivity contribution in [2.24, 2.45) is 28.4 Å². The van der Waals surface area contributed by atoms with Gasteiger partial charge < -0.3 is 46.1 Å². The van der Waals surface area contributed by atoms with Crippen LogP contribution in [0.3, 0.4) is 0 Å². The van der Waals surface area contributed by atoms with Gasteiger partial charge in [-0.2, -0.15) is 0 Å². The van der Waals surface area contributed by atoms with Gasteiger partial charge in [0.15, 0.2) is 11.6 Å². The lowest BCUT2D eigenvalue weighted by molar-refractivity contribution is -0.319. The van der Waals surface area contributed by atoms with Gasteiger partial charge in [-0.25, -0.2) is 0 Å². The first-order valence-corrected chi connectivity index (χ1v) is 16.6. The Bertz CT molecular complexity index is 1610. The number of aliphatic hydroxyl groups excluding tert-OH is 4. The molecule has 1 aromatic carbocycles. The number of Topliss-reactive ketones (excluding diaryl/α,β-unsaturated/α-hetero) is 2. The molecule has 1 saturated heterocycles. The number of benzene rings is 1. The standard InChI is InChI=1S/C36H44N2O9/c1-19-13-22-27(23(40)14-19)30(42)28-21(29(22)41)5-4-6-24(28)46-33-32(44)36(45,31(43)25(16-39)47-33)18-35(20-7-12-38-26(37)15-20)11-10-34(17-35)8-2-3-9-34/h4-7,13-15,22,25,27,31-33,38-40,43-45H,2-3,8-12,16-18,37H2,1H3. The highest BCUT2D eigenvalue weighted by molar-refractivity contribution is 6.19. The van der Waals surface area contributed by atoms with Gasteiger partial charge in [0.1, 0.15) is 35.4 Å². The molecule has 2 aliphatic heterocycles. The van der Waals surface area contributed by atoms with Crippen molar-refractivity contribution in [2.75, 3.05) is 13.2 Å². The monoisotopic (exact) mass is 648 g/mol. The molecule has 1 spiro atoms. The first-order chi connectivity index (χ1) is 22.4. The number of nitrogens with two attached hydrogens (primary N) is 1. The summed E-state index contributed by atoms with van der Waals surface area (Å²) in [7, 11) is 0. The second-order valence-electron chi connectivity index (χ2n) is 14.6. The Labute approximate surface area is 273 Å². The molecule has 11 nitrogen and oxygen atoms in total. The Kier molecular flexibility index (Phi) is 7.91. The van der Waals surface area contributed by atoms with E-state index in [4.69, 9.17) is 15.2 Å². The number of ether oxygens (including phenoxy) is 2. The largest absolute Gasteiger partial charge is 0.511 e. The van der Waals surface area contributed by atoms with E-state index >= 15 is 0 Å². The molecular formula is C36H44N2O9. The summed E-state index contributed by atoms with van der Waals surface area (Å²) >= 11 is 0. The zero-order chi connectivity index (χ0) is 33.3. The summed E-state index contributed by atoms with van der Waals surface area (Å²) in [6.07, 6.45) is 7.39. The van der Waals surface area contributed by atoms with Crippen molar-refractivity contribution in [3.63, 3.8) is 0 Å². The highest BCUT2D eigenvalue weighted by Gasteiger charge is 2.62. The van der Waals surface area contributed by atoms with Crippen LogP contribution in [0, 0.1) is 22.7 Å². The lowest BCUT2D eigenvalue weighted by Crippen LogP contribution is -2.69. The molecule has 8 unspecified atom stereocenters. The van der Waals surface area contributed by atoms with Crippen LogP contribution < -0.4 is 15.8 Å². The lowest BCUT2D eigenvalue weighted by atomic mass is 9.64. The maximum absolute atomic E-state index is 13.8. The zero-order valence-corrected chi connectivity index (χ0v) is 26.5. The maximum atomic E-state index is 13.8. The van der Waals surface area contributed by atoms with Crippen LogP contribution in [0.5, 0.6) is 5.75 Å². The molecule has 1 aromatic rings. The second kappa shape index (κ2) is 11.6. The van der Waals surface area contributed by atoms with E-state index in [1.165, 1.54) is 18.2 Å². The third-order valence-electron chi connectivity index (χ3n) is 11.7. The molecular weight excluding hydrogens is 604 g/mol. The smallest absolute Gasteiger partial charge is 0.229 e. The van der Waals surface area contributed by atoms with Crippen LogP contribution in [0.25, 0.3) is 0 Å². The molecule has 6 aliphatic rings. The lowest BCUT2D eigenvalue weighted by Gasteiger charge is -2.51. The number of rotatable bonds is 6. The Hall–Kier alpha value is -3.48. The number of hydrogen-bond donors (Lipinski definition) is 7. The summed E-state index contributed by atoms with van der Waals surface area (Å²) < 4.78 is 12.0. The van der Waals surface area contributed by atoms with Gasteiger partial charge in [0.05, 0.1) is 29.8 Å². The summed E-state index contributed by atoms with van der Waals surface area (Å²) in [5.41, 5.74) is 5.14. The zero-order valence-electron chi connectivity index (χ0n) is 26.5. The van der Waals surface area contributed by atoms with Crippen LogP contribution >= 0.6 is 0 Å². The number of aliphatic hydroxyl groups is 5. The van der Waals surface area contributed by atoms with Crippen molar-refractivity contribution in [1.82, 2.24) is 5.32 Å². The molecule has 3 fully saturated rings. The van der Waals surface area contributed by atoms with E-state index < -0.39 is 59.8 Å². The van der Waals surface area contributed by atoms with Crippen molar-refractivity contribution in [2.45, 2.75) is 88.5 Å². The highest BCUT2D eigenvalue weighted by atomic mass is 16.7. The predicted octanol–water partition coefficient (Wildman–Crippen LogP) is 2.70. The normalized spacial score (nSPS) is 37.7. The SMILES string of the molecule is CC1=CC2C(=O)c3cccc(OC4OC(CO)C(O)C(O)(CC5(C6=CCNC(N)=C6)CCC6(CCCC6)C5)C4O)c3C(=O)C2C(O)=C1. The van der Waals surface area contributed by atoms with E-state index in [1.807, 2.05) is 12.2 Å². The molecule has 8 atom stereocenters. The molecule has 4 aliphatic carbocycles. The Morgan fingerprint density at radius 2 is 1.83 bits per heavy atom. The molecule has 0 amide bonds. The first-order valence-electron chi connectivity index (χ1n) is 16.6.